The molecule has 2 fully saturated rings. The lowest BCUT2D eigenvalue weighted by molar-refractivity contribution is -0.118. The lowest BCUT2D eigenvalue weighted by Gasteiger charge is -2.19. The van der Waals surface area contributed by atoms with Crippen molar-refractivity contribution in [2.24, 2.45) is 11.8 Å². The van der Waals surface area contributed by atoms with Crippen LogP contribution in [0.5, 0.6) is 5.75 Å². The molecule has 1 aliphatic carbocycles. The second-order valence-corrected chi connectivity index (χ2v) is 5.84. The van der Waals surface area contributed by atoms with Crippen LogP contribution in [0.25, 0.3) is 0 Å². The quantitative estimate of drug-likeness (QED) is 0.925. The third-order valence-electron chi connectivity index (χ3n) is 4.26. The first-order chi connectivity index (χ1) is 10.1. The van der Waals surface area contributed by atoms with Crippen molar-refractivity contribution in [3.63, 3.8) is 0 Å². The number of methoxy groups -OCH3 is 1. The average molecular weight is 288 g/mol. The number of nitrogens with zero attached hydrogens (tertiary/aromatic N) is 1. The van der Waals surface area contributed by atoms with E-state index in [4.69, 9.17) is 4.74 Å². The topological polar surface area (TPSA) is 58.6 Å². The number of nitrogens with one attached hydrogen (secondary N) is 1. The van der Waals surface area contributed by atoms with Gasteiger partial charge < -0.3 is 15.0 Å². The van der Waals surface area contributed by atoms with Gasteiger partial charge in [0, 0.05) is 30.6 Å². The number of ether oxygens (including phenoxy) is 1. The summed E-state index contributed by atoms with van der Waals surface area (Å²) in [5.74, 6) is 1.42. The Balaban J connectivity index is 1.78. The highest BCUT2D eigenvalue weighted by Crippen LogP contribution is 2.39. The van der Waals surface area contributed by atoms with E-state index in [0.717, 1.165) is 25.1 Å². The van der Waals surface area contributed by atoms with E-state index in [0.29, 0.717) is 23.8 Å². The molecule has 3 rings (SSSR count). The molecule has 2 aliphatic rings. The highest BCUT2D eigenvalue weighted by molar-refractivity contribution is 5.98. The fourth-order valence-corrected chi connectivity index (χ4v) is 2.80. The summed E-state index contributed by atoms with van der Waals surface area (Å²) >= 11 is 0. The van der Waals surface area contributed by atoms with Crippen LogP contribution in [-0.4, -0.2) is 25.5 Å². The van der Waals surface area contributed by atoms with Crippen LogP contribution in [0.2, 0.25) is 0 Å². The minimum absolute atomic E-state index is 0.0644. The Hall–Kier alpha value is -2.04. The number of carbonyl (C=O) groups is 2. The van der Waals surface area contributed by atoms with Crippen molar-refractivity contribution < 1.29 is 14.3 Å². The van der Waals surface area contributed by atoms with Crippen LogP contribution in [0.4, 0.5) is 11.4 Å². The van der Waals surface area contributed by atoms with Gasteiger partial charge in [-0.25, -0.2) is 0 Å². The fourth-order valence-electron chi connectivity index (χ4n) is 2.80. The van der Waals surface area contributed by atoms with E-state index in [1.54, 1.807) is 18.1 Å². The molecule has 0 bridgehead atoms. The van der Waals surface area contributed by atoms with Crippen LogP contribution in [0, 0.1) is 11.8 Å². The van der Waals surface area contributed by atoms with Crippen molar-refractivity contribution in [2.45, 2.75) is 26.2 Å². The SMILES string of the molecule is COc1cc(NC(=O)[C@@H]2C[C@@H]2C)ccc1N1CCCC1=O. The van der Waals surface area contributed by atoms with E-state index < -0.39 is 0 Å². The van der Waals surface area contributed by atoms with E-state index in [9.17, 15) is 9.59 Å². The van der Waals surface area contributed by atoms with Crippen molar-refractivity contribution >= 4 is 23.2 Å². The van der Waals surface area contributed by atoms with Crippen LogP contribution >= 0.6 is 0 Å². The van der Waals surface area contributed by atoms with Crippen molar-refractivity contribution in [3.05, 3.63) is 18.2 Å². The first-order valence-electron chi connectivity index (χ1n) is 7.39. The van der Waals surface area contributed by atoms with Crippen LogP contribution in [-0.2, 0) is 9.59 Å². The zero-order valence-corrected chi connectivity index (χ0v) is 12.4. The summed E-state index contributed by atoms with van der Waals surface area (Å²) in [7, 11) is 1.58. The van der Waals surface area contributed by atoms with Gasteiger partial charge in [-0.15, -0.1) is 0 Å². The molecular weight excluding hydrogens is 268 g/mol. The maximum atomic E-state index is 12.0. The monoisotopic (exact) mass is 288 g/mol. The minimum atomic E-state index is 0.0644. The van der Waals surface area contributed by atoms with Crippen LogP contribution in [0.1, 0.15) is 26.2 Å². The van der Waals surface area contributed by atoms with Crippen molar-refractivity contribution in [3.8, 4) is 5.75 Å². The van der Waals surface area contributed by atoms with E-state index in [-0.39, 0.29) is 17.7 Å². The molecule has 1 saturated carbocycles. The molecule has 0 unspecified atom stereocenters. The van der Waals surface area contributed by atoms with Crippen molar-refractivity contribution in [1.29, 1.82) is 0 Å². The number of hydrogen-bond donors (Lipinski definition) is 1. The van der Waals surface area contributed by atoms with Gasteiger partial charge in [0.15, 0.2) is 0 Å². The standard InChI is InChI=1S/C16H20N2O3/c1-10-8-12(10)16(20)17-11-5-6-13(14(9-11)21-2)18-7-3-4-15(18)19/h5-6,9-10,12H,3-4,7-8H2,1-2H3,(H,17,20)/t10-,12+/m0/s1. The number of rotatable bonds is 4. The zero-order valence-electron chi connectivity index (χ0n) is 12.4. The smallest absolute Gasteiger partial charge is 0.227 e. The summed E-state index contributed by atoms with van der Waals surface area (Å²) < 4.78 is 5.38. The molecule has 2 amide bonds. The van der Waals surface area contributed by atoms with E-state index >= 15 is 0 Å². The van der Waals surface area contributed by atoms with Gasteiger partial charge in [0.1, 0.15) is 5.75 Å². The van der Waals surface area contributed by atoms with Gasteiger partial charge in [-0.2, -0.15) is 0 Å². The number of hydrogen-bond acceptors (Lipinski definition) is 3. The van der Waals surface area contributed by atoms with E-state index in [1.165, 1.54) is 0 Å². The van der Waals surface area contributed by atoms with Crippen molar-refractivity contribution in [2.75, 3.05) is 23.9 Å². The molecule has 112 valence electrons. The summed E-state index contributed by atoms with van der Waals surface area (Å²) in [5, 5.41) is 2.92. The van der Waals surface area contributed by atoms with Gasteiger partial charge in [-0.3, -0.25) is 9.59 Å². The molecule has 0 radical (unpaired) electrons. The summed E-state index contributed by atoms with van der Waals surface area (Å²) in [5.41, 5.74) is 1.49. The Kier molecular flexibility index (Phi) is 3.57. The van der Waals surface area contributed by atoms with Gasteiger partial charge >= 0.3 is 0 Å². The largest absolute Gasteiger partial charge is 0.494 e. The lowest BCUT2D eigenvalue weighted by atomic mass is 10.2. The van der Waals surface area contributed by atoms with Crippen molar-refractivity contribution in [1.82, 2.24) is 0 Å². The Bertz CT molecular complexity index is 585. The molecule has 1 aromatic rings. The Labute approximate surface area is 124 Å². The van der Waals surface area contributed by atoms with Gasteiger partial charge in [-0.1, -0.05) is 6.92 Å². The normalized spacial score (nSPS) is 24.1. The molecule has 1 N–H and O–H groups in total. The Morgan fingerprint density at radius 1 is 1.43 bits per heavy atom. The van der Waals surface area contributed by atoms with E-state index in [2.05, 4.69) is 12.2 Å². The molecule has 0 spiro atoms. The third-order valence-corrected chi connectivity index (χ3v) is 4.26. The zero-order chi connectivity index (χ0) is 15.0. The molecule has 0 aromatic heterocycles. The molecule has 1 saturated heterocycles. The van der Waals surface area contributed by atoms with Crippen LogP contribution in [0.15, 0.2) is 18.2 Å². The molecule has 5 nitrogen and oxygen atoms in total. The highest BCUT2D eigenvalue weighted by atomic mass is 16.5. The lowest BCUT2D eigenvalue weighted by Crippen LogP contribution is -2.24. The van der Waals surface area contributed by atoms with Gasteiger partial charge in [0.25, 0.3) is 0 Å². The molecule has 1 heterocycles. The van der Waals surface area contributed by atoms with Crippen LogP contribution in [0.3, 0.4) is 0 Å². The first-order valence-corrected chi connectivity index (χ1v) is 7.39. The summed E-state index contributed by atoms with van der Waals surface area (Å²) in [6, 6.07) is 5.45. The van der Waals surface area contributed by atoms with Crippen LogP contribution < -0.4 is 15.0 Å². The fraction of sp³-hybridized carbons (Fsp3) is 0.500. The predicted octanol–water partition coefficient (Wildman–Crippen LogP) is 2.42. The second kappa shape index (κ2) is 5.39. The molecule has 1 aliphatic heterocycles. The molecule has 1 aromatic carbocycles. The van der Waals surface area contributed by atoms with Gasteiger partial charge in [0.2, 0.25) is 11.8 Å². The first kappa shape index (κ1) is 13.9. The Morgan fingerprint density at radius 2 is 2.19 bits per heavy atom. The van der Waals surface area contributed by atoms with Gasteiger partial charge in [0.05, 0.1) is 12.8 Å². The van der Waals surface area contributed by atoms with Gasteiger partial charge in [-0.05, 0) is 30.9 Å². The minimum Gasteiger partial charge on any atom is -0.494 e. The second-order valence-electron chi connectivity index (χ2n) is 5.84. The maximum absolute atomic E-state index is 12.0. The number of anilines is 2. The third kappa shape index (κ3) is 2.73. The molecule has 2 atom stereocenters. The number of benzene rings is 1. The summed E-state index contributed by atoms with van der Waals surface area (Å²) in [4.78, 5) is 25.5. The average Bonchev–Trinajstić information content (AvgIpc) is 3.06. The predicted molar refractivity (Wildman–Crippen MR) is 80.5 cm³/mol. The summed E-state index contributed by atoms with van der Waals surface area (Å²) in [6.07, 6.45) is 2.42. The number of amides is 2. The molecule has 5 heteroatoms. The molecule has 21 heavy (non-hydrogen) atoms. The van der Waals surface area contributed by atoms with E-state index in [1.807, 2.05) is 12.1 Å². The number of carbonyl (C=O) groups excluding carboxylic acids is 2. The Morgan fingerprint density at radius 3 is 2.76 bits per heavy atom. The molecular formula is C16H20N2O3. The summed E-state index contributed by atoms with van der Waals surface area (Å²) in [6.45, 7) is 2.80. The highest BCUT2D eigenvalue weighted by Gasteiger charge is 2.39. The maximum Gasteiger partial charge on any atom is 0.227 e.